The van der Waals surface area contributed by atoms with Crippen LogP contribution in [0.3, 0.4) is 0 Å². The molecule has 0 bridgehead atoms. The van der Waals surface area contributed by atoms with Crippen molar-refractivity contribution in [3.63, 3.8) is 0 Å². The first-order chi connectivity index (χ1) is 6.56. The molecule has 0 aromatic carbocycles. The van der Waals surface area contributed by atoms with Crippen molar-refractivity contribution < 1.29 is 16.9 Å². The van der Waals surface area contributed by atoms with Gasteiger partial charge in [-0.25, -0.2) is 0 Å². The first kappa shape index (κ1) is 17.6. The lowest BCUT2D eigenvalue weighted by atomic mass is 10.1. The number of hydrogen-bond acceptors (Lipinski definition) is 0. The van der Waals surface area contributed by atoms with Crippen LogP contribution in [0.4, 0.5) is 0 Å². The molecule has 0 aliphatic heterocycles. The predicted octanol–water partition coefficient (Wildman–Crippen LogP) is 0.837. The normalized spacial score (nSPS) is 11.2. The van der Waals surface area contributed by atoms with Crippen molar-refractivity contribution >= 4 is 0 Å². The molecular formula is C13H30ClN. The molecule has 2 heteroatoms. The van der Waals surface area contributed by atoms with E-state index in [-0.39, 0.29) is 12.4 Å². The molecule has 0 atom stereocenters. The van der Waals surface area contributed by atoms with E-state index in [4.69, 9.17) is 0 Å². The summed E-state index contributed by atoms with van der Waals surface area (Å²) >= 11 is 0. The van der Waals surface area contributed by atoms with E-state index in [1.165, 1.54) is 57.9 Å². The third-order valence-electron chi connectivity index (χ3n) is 2.68. The highest BCUT2D eigenvalue weighted by Gasteiger charge is 2.04. The van der Waals surface area contributed by atoms with E-state index in [0.717, 1.165) is 4.48 Å². The van der Waals surface area contributed by atoms with Crippen LogP contribution in [0.1, 0.15) is 58.3 Å². The number of quaternary nitrogens is 1. The monoisotopic (exact) mass is 235 g/mol. The maximum Gasteiger partial charge on any atom is 0.0780 e. The number of nitrogens with zero attached hydrogens (tertiary/aromatic N) is 1. The summed E-state index contributed by atoms with van der Waals surface area (Å²) in [6.45, 7) is 3.61. The molecular weight excluding hydrogens is 206 g/mol. The molecule has 94 valence electrons. The lowest BCUT2D eigenvalue weighted by Gasteiger charge is -2.23. The summed E-state index contributed by atoms with van der Waals surface area (Å²) < 4.78 is 1.12. The summed E-state index contributed by atoms with van der Waals surface area (Å²) in [7, 11) is 6.84. The van der Waals surface area contributed by atoms with Gasteiger partial charge < -0.3 is 16.9 Å². The SMILES string of the molecule is CCCCCCCCCC[N+](C)(C)C.[Cl-]. The van der Waals surface area contributed by atoms with Gasteiger partial charge in [0.15, 0.2) is 0 Å². The van der Waals surface area contributed by atoms with Crippen LogP contribution in [0.2, 0.25) is 0 Å². The zero-order valence-corrected chi connectivity index (χ0v) is 11.9. The fourth-order valence-electron chi connectivity index (χ4n) is 1.72. The Bertz CT molecular complexity index is 118. The minimum absolute atomic E-state index is 0. The summed E-state index contributed by atoms with van der Waals surface area (Å²) in [6, 6.07) is 0. The highest BCUT2D eigenvalue weighted by molar-refractivity contribution is 4.45. The molecule has 0 rings (SSSR count). The number of hydrogen-bond donors (Lipinski definition) is 0. The van der Waals surface area contributed by atoms with Crippen molar-refractivity contribution in [2.75, 3.05) is 27.7 Å². The zero-order chi connectivity index (χ0) is 10.9. The van der Waals surface area contributed by atoms with E-state index in [1.807, 2.05) is 0 Å². The Morgan fingerprint density at radius 1 is 0.667 bits per heavy atom. The Morgan fingerprint density at radius 3 is 1.47 bits per heavy atom. The van der Waals surface area contributed by atoms with Crippen LogP contribution in [0.25, 0.3) is 0 Å². The summed E-state index contributed by atoms with van der Waals surface area (Å²) in [4.78, 5) is 0. The van der Waals surface area contributed by atoms with Gasteiger partial charge in [-0.3, -0.25) is 0 Å². The van der Waals surface area contributed by atoms with Gasteiger partial charge in [-0.1, -0.05) is 45.4 Å². The molecule has 0 aromatic heterocycles. The van der Waals surface area contributed by atoms with Crippen molar-refractivity contribution in [3.05, 3.63) is 0 Å². The van der Waals surface area contributed by atoms with Gasteiger partial charge in [-0.2, -0.15) is 0 Å². The quantitative estimate of drug-likeness (QED) is 0.411. The molecule has 0 heterocycles. The Balaban J connectivity index is 0. The van der Waals surface area contributed by atoms with Gasteiger partial charge in [-0.15, -0.1) is 0 Å². The summed E-state index contributed by atoms with van der Waals surface area (Å²) in [5, 5.41) is 0. The highest BCUT2D eigenvalue weighted by Crippen LogP contribution is 2.09. The van der Waals surface area contributed by atoms with Gasteiger partial charge in [-0.05, 0) is 12.8 Å². The Kier molecular flexibility index (Phi) is 12.6. The molecule has 0 saturated carbocycles. The molecule has 0 fully saturated rings. The molecule has 0 spiro atoms. The lowest BCUT2D eigenvalue weighted by molar-refractivity contribution is -0.870. The van der Waals surface area contributed by atoms with E-state index < -0.39 is 0 Å². The molecule has 0 saturated heterocycles. The molecule has 0 N–H and O–H groups in total. The van der Waals surface area contributed by atoms with Crippen LogP contribution in [0, 0.1) is 0 Å². The molecule has 15 heavy (non-hydrogen) atoms. The molecule has 0 radical (unpaired) electrons. The Morgan fingerprint density at radius 2 is 1.07 bits per heavy atom. The smallest absolute Gasteiger partial charge is 0.0780 e. The van der Waals surface area contributed by atoms with Crippen LogP contribution >= 0.6 is 0 Å². The summed E-state index contributed by atoms with van der Waals surface area (Å²) in [5.74, 6) is 0. The minimum atomic E-state index is 0. The highest BCUT2D eigenvalue weighted by atomic mass is 35.5. The first-order valence-electron chi connectivity index (χ1n) is 6.36. The first-order valence-corrected chi connectivity index (χ1v) is 6.36. The van der Waals surface area contributed by atoms with E-state index in [9.17, 15) is 0 Å². The molecule has 1 nitrogen and oxygen atoms in total. The van der Waals surface area contributed by atoms with Crippen LogP contribution in [-0.4, -0.2) is 32.2 Å². The zero-order valence-electron chi connectivity index (χ0n) is 11.2. The molecule has 0 amide bonds. The molecule has 0 aliphatic carbocycles. The lowest BCUT2D eigenvalue weighted by Crippen LogP contribution is -3.00. The van der Waals surface area contributed by atoms with Crippen molar-refractivity contribution in [1.82, 2.24) is 0 Å². The van der Waals surface area contributed by atoms with E-state index in [2.05, 4.69) is 28.1 Å². The van der Waals surface area contributed by atoms with Crippen LogP contribution in [0.15, 0.2) is 0 Å². The van der Waals surface area contributed by atoms with Gasteiger partial charge in [0, 0.05) is 0 Å². The second kappa shape index (κ2) is 10.8. The van der Waals surface area contributed by atoms with Gasteiger partial charge in [0.2, 0.25) is 0 Å². The third-order valence-corrected chi connectivity index (χ3v) is 2.68. The second-order valence-corrected chi connectivity index (χ2v) is 5.49. The third kappa shape index (κ3) is 16.9. The molecule has 0 unspecified atom stereocenters. The second-order valence-electron chi connectivity index (χ2n) is 5.49. The van der Waals surface area contributed by atoms with E-state index in [0.29, 0.717) is 0 Å². The maximum absolute atomic E-state index is 2.28. The van der Waals surface area contributed by atoms with Gasteiger partial charge >= 0.3 is 0 Å². The van der Waals surface area contributed by atoms with E-state index >= 15 is 0 Å². The largest absolute Gasteiger partial charge is 1.00 e. The average molecular weight is 236 g/mol. The maximum atomic E-state index is 2.28. The number of halogens is 1. The number of unbranched alkanes of at least 4 members (excludes halogenated alkanes) is 7. The topological polar surface area (TPSA) is 0 Å². The van der Waals surface area contributed by atoms with Gasteiger partial charge in [0.05, 0.1) is 27.7 Å². The fourth-order valence-corrected chi connectivity index (χ4v) is 1.72. The number of rotatable bonds is 9. The van der Waals surface area contributed by atoms with Gasteiger partial charge in [0.25, 0.3) is 0 Å². The van der Waals surface area contributed by atoms with Crippen LogP contribution in [-0.2, 0) is 0 Å². The predicted molar refractivity (Wildman–Crippen MR) is 65.5 cm³/mol. The van der Waals surface area contributed by atoms with Crippen molar-refractivity contribution in [2.24, 2.45) is 0 Å². The Hall–Kier alpha value is 0.250. The van der Waals surface area contributed by atoms with Gasteiger partial charge in [0.1, 0.15) is 0 Å². The average Bonchev–Trinajstić information content (AvgIpc) is 2.08. The summed E-state index contributed by atoms with van der Waals surface area (Å²) in [6.07, 6.45) is 11.4. The van der Waals surface area contributed by atoms with Crippen molar-refractivity contribution in [3.8, 4) is 0 Å². The molecule has 0 aliphatic rings. The fraction of sp³-hybridized carbons (Fsp3) is 1.00. The van der Waals surface area contributed by atoms with Crippen LogP contribution in [0.5, 0.6) is 0 Å². The van der Waals surface area contributed by atoms with Crippen molar-refractivity contribution in [1.29, 1.82) is 0 Å². The Labute approximate surface area is 103 Å². The van der Waals surface area contributed by atoms with Crippen LogP contribution < -0.4 is 12.4 Å². The molecule has 0 aromatic rings. The van der Waals surface area contributed by atoms with Crippen molar-refractivity contribution in [2.45, 2.75) is 58.3 Å². The summed E-state index contributed by atoms with van der Waals surface area (Å²) in [5.41, 5.74) is 0. The minimum Gasteiger partial charge on any atom is -1.00 e. The van der Waals surface area contributed by atoms with E-state index in [1.54, 1.807) is 0 Å². The standard InChI is InChI=1S/C13H30N.ClH/c1-5-6-7-8-9-10-11-12-13-14(2,3)4;/h5-13H2,1-4H3;1H/q+1;/p-1.